The van der Waals surface area contributed by atoms with E-state index in [2.05, 4.69) is 29.4 Å². The first-order valence-electron chi connectivity index (χ1n) is 6.91. The third-order valence-electron chi connectivity index (χ3n) is 3.38. The zero-order valence-electron chi connectivity index (χ0n) is 13.2. The van der Waals surface area contributed by atoms with E-state index in [0.29, 0.717) is 5.56 Å². The summed E-state index contributed by atoms with van der Waals surface area (Å²) >= 11 is 0. The van der Waals surface area contributed by atoms with E-state index in [4.69, 9.17) is 0 Å². The maximum absolute atomic E-state index is 12.4. The fraction of sp³-hybridized carbons (Fsp3) is 0.294. The Morgan fingerprint density at radius 2 is 1.71 bits per heavy atom. The normalized spacial score (nSPS) is 10.3. The van der Waals surface area contributed by atoms with Crippen molar-refractivity contribution >= 4 is 17.4 Å². The van der Waals surface area contributed by atoms with Gasteiger partial charge in [0.1, 0.15) is 5.82 Å². The van der Waals surface area contributed by atoms with E-state index in [1.807, 2.05) is 32.8 Å². The van der Waals surface area contributed by atoms with E-state index < -0.39 is 0 Å². The van der Waals surface area contributed by atoms with E-state index in [1.54, 1.807) is 18.3 Å². The monoisotopic (exact) mass is 283 g/mol. The average molecular weight is 283 g/mol. The third-order valence-corrected chi connectivity index (χ3v) is 3.38. The van der Waals surface area contributed by atoms with Crippen LogP contribution in [0.2, 0.25) is 0 Å². The molecule has 1 N–H and O–H groups in total. The van der Waals surface area contributed by atoms with Crippen molar-refractivity contribution < 1.29 is 4.79 Å². The highest BCUT2D eigenvalue weighted by Gasteiger charge is 2.11. The fourth-order valence-electron chi connectivity index (χ4n) is 2.37. The number of nitrogens with one attached hydrogen (secondary N) is 1. The van der Waals surface area contributed by atoms with Crippen molar-refractivity contribution in [2.24, 2.45) is 0 Å². The molecular weight excluding hydrogens is 262 g/mol. The zero-order chi connectivity index (χ0) is 15.6. The summed E-state index contributed by atoms with van der Waals surface area (Å²) in [5.74, 6) is 0.649. The lowest BCUT2D eigenvalue weighted by Gasteiger charge is -2.14. The second-order valence-electron chi connectivity index (χ2n) is 5.52. The summed E-state index contributed by atoms with van der Waals surface area (Å²) in [5.41, 5.74) is 4.83. The molecule has 110 valence electrons. The van der Waals surface area contributed by atoms with Crippen molar-refractivity contribution in [1.29, 1.82) is 0 Å². The minimum atomic E-state index is -0.115. The molecule has 1 heterocycles. The van der Waals surface area contributed by atoms with E-state index >= 15 is 0 Å². The molecule has 4 nitrogen and oxygen atoms in total. The summed E-state index contributed by atoms with van der Waals surface area (Å²) in [6, 6.07) is 7.65. The molecule has 0 saturated carbocycles. The molecule has 1 amide bonds. The highest BCUT2D eigenvalue weighted by molar-refractivity contribution is 6.05. The molecule has 0 radical (unpaired) electrons. The average Bonchev–Trinajstić information content (AvgIpc) is 2.42. The Labute approximate surface area is 125 Å². The molecule has 0 aliphatic rings. The summed E-state index contributed by atoms with van der Waals surface area (Å²) in [6.07, 6.45) is 1.65. The number of carbonyl (C=O) groups excluding carboxylic acids is 1. The van der Waals surface area contributed by atoms with Gasteiger partial charge in [-0.15, -0.1) is 0 Å². The van der Waals surface area contributed by atoms with E-state index in [0.717, 1.165) is 22.6 Å². The molecule has 0 fully saturated rings. The van der Waals surface area contributed by atoms with Crippen molar-refractivity contribution in [3.63, 3.8) is 0 Å². The highest BCUT2D eigenvalue weighted by Crippen LogP contribution is 2.23. The van der Waals surface area contributed by atoms with Crippen molar-refractivity contribution in [3.05, 3.63) is 52.7 Å². The van der Waals surface area contributed by atoms with Crippen LogP contribution >= 0.6 is 0 Å². The van der Waals surface area contributed by atoms with Gasteiger partial charge in [0.2, 0.25) is 0 Å². The van der Waals surface area contributed by atoms with Crippen molar-refractivity contribution in [3.8, 4) is 0 Å². The largest absolute Gasteiger partial charge is 0.363 e. The van der Waals surface area contributed by atoms with Crippen molar-refractivity contribution in [2.45, 2.75) is 20.8 Å². The summed E-state index contributed by atoms with van der Waals surface area (Å²) in [4.78, 5) is 18.5. The predicted molar refractivity (Wildman–Crippen MR) is 87.2 cm³/mol. The van der Waals surface area contributed by atoms with Crippen LogP contribution in [0.5, 0.6) is 0 Å². The van der Waals surface area contributed by atoms with Gasteiger partial charge in [0.15, 0.2) is 0 Å². The maximum Gasteiger partial charge on any atom is 0.255 e. The van der Waals surface area contributed by atoms with Gasteiger partial charge in [-0.05, 0) is 44.0 Å². The molecule has 0 aliphatic heterocycles. The summed E-state index contributed by atoms with van der Waals surface area (Å²) < 4.78 is 0. The van der Waals surface area contributed by atoms with Crippen molar-refractivity contribution in [1.82, 2.24) is 4.98 Å². The fourth-order valence-corrected chi connectivity index (χ4v) is 2.37. The smallest absolute Gasteiger partial charge is 0.255 e. The zero-order valence-corrected chi connectivity index (χ0v) is 13.2. The van der Waals surface area contributed by atoms with Crippen molar-refractivity contribution in [2.75, 3.05) is 24.3 Å². The van der Waals surface area contributed by atoms with Crippen LogP contribution in [-0.2, 0) is 0 Å². The number of anilines is 2. The van der Waals surface area contributed by atoms with Gasteiger partial charge in [0, 0.05) is 31.5 Å². The Hall–Kier alpha value is -2.36. The number of rotatable bonds is 3. The van der Waals surface area contributed by atoms with Crippen LogP contribution in [0.3, 0.4) is 0 Å². The van der Waals surface area contributed by atoms with Gasteiger partial charge in [-0.2, -0.15) is 0 Å². The first-order valence-corrected chi connectivity index (χ1v) is 6.91. The lowest BCUT2D eigenvalue weighted by molar-refractivity contribution is 0.102. The Balaban J connectivity index is 2.28. The third kappa shape index (κ3) is 3.40. The molecule has 21 heavy (non-hydrogen) atoms. The van der Waals surface area contributed by atoms with Crippen LogP contribution in [0, 0.1) is 20.8 Å². The number of carbonyl (C=O) groups is 1. The number of hydrogen-bond acceptors (Lipinski definition) is 3. The minimum Gasteiger partial charge on any atom is -0.363 e. The molecule has 1 aromatic carbocycles. The number of amides is 1. The van der Waals surface area contributed by atoms with Gasteiger partial charge in [0.25, 0.3) is 5.91 Å². The van der Waals surface area contributed by atoms with Crippen LogP contribution < -0.4 is 10.2 Å². The molecule has 2 rings (SSSR count). The van der Waals surface area contributed by atoms with Crippen LogP contribution in [-0.4, -0.2) is 25.0 Å². The highest BCUT2D eigenvalue weighted by atomic mass is 16.1. The van der Waals surface area contributed by atoms with E-state index in [-0.39, 0.29) is 5.91 Å². The lowest BCUT2D eigenvalue weighted by atomic mass is 10.0. The second kappa shape index (κ2) is 5.95. The van der Waals surface area contributed by atoms with Gasteiger partial charge in [-0.3, -0.25) is 4.79 Å². The van der Waals surface area contributed by atoms with Crippen LogP contribution in [0.25, 0.3) is 0 Å². The molecule has 0 atom stereocenters. The summed E-state index contributed by atoms with van der Waals surface area (Å²) in [5, 5.41) is 3.00. The van der Waals surface area contributed by atoms with E-state index in [9.17, 15) is 4.79 Å². The summed E-state index contributed by atoms with van der Waals surface area (Å²) in [7, 11) is 3.80. The standard InChI is InChI=1S/C17H21N3O/c1-11-8-12(2)16(13(3)9-11)19-17(21)14-6-7-18-15(10-14)20(4)5/h6-10H,1-5H3,(H,19,21). The molecule has 2 aromatic rings. The second-order valence-corrected chi connectivity index (χ2v) is 5.52. The first kappa shape index (κ1) is 15.0. The van der Waals surface area contributed by atoms with Crippen LogP contribution in [0.4, 0.5) is 11.5 Å². The topological polar surface area (TPSA) is 45.2 Å². The molecule has 4 heteroatoms. The molecular formula is C17H21N3O. The quantitative estimate of drug-likeness (QED) is 0.939. The Kier molecular flexibility index (Phi) is 4.26. The molecule has 0 unspecified atom stereocenters. The first-order chi connectivity index (χ1) is 9.88. The minimum absolute atomic E-state index is 0.115. The summed E-state index contributed by atoms with van der Waals surface area (Å²) in [6.45, 7) is 6.07. The lowest BCUT2D eigenvalue weighted by Crippen LogP contribution is -2.16. The molecule has 1 aromatic heterocycles. The predicted octanol–water partition coefficient (Wildman–Crippen LogP) is 3.33. The Bertz CT molecular complexity index is 654. The molecule has 0 spiro atoms. The van der Waals surface area contributed by atoms with Crippen LogP contribution in [0.1, 0.15) is 27.0 Å². The van der Waals surface area contributed by atoms with Gasteiger partial charge < -0.3 is 10.2 Å². The SMILES string of the molecule is Cc1cc(C)c(NC(=O)c2ccnc(N(C)C)c2)c(C)c1. The molecule has 0 aliphatic carbocycles. The number of aromatic nitrogens is 1. The van der Waals surface area contributed by atoms with Gasteiger partial charge in [0.05, 0.1) is 0 Å². The number of aryl methyl sites for hydroxylation is 3. The number of benzene rings is 1. The van der Waals surface area contributed by atoms with Gasteiger partial charge in [-0.1, -0.05) is 17.7 Å². The van der Waals surface area contributed by atoms with Crippen LogP contribution in [0.15, 0.2) is 30.5 Å². The van der Waals surface area contributed by atoms with Gasteiger partial charge in [-0.25, -0.2) is 4.98 Å². The number of pyridine rings is 1. The molecule has 0 saturated heterocycles. The van der Waals surface area contributed by atoms with E-state index in [1.165, 1.54) is 5.56 Å². The van der Waals surface area contributed by atoms with Gasteiger partial charge >= 0.3 is 0 Å². The molecule has 0 bridgehead atoms. The maximum atomic E-state index is 12.4. The Morgan fingerprint density at radius 3 is 2.29 bits per heavy atom. The number of hydrogen-bond donors (Lipinski definition) is 1. The number of nitrogens with zero attached hydrogens (tertiary/aromatic N) is 2. The Morgan fingerprint density at radius 1 is 1.10 bits per heavy atom.